The Hall–Kier alpha value is -2.73. The van der Waals surface area contributed by atoms with E-state index in [2.05, 4.69) is 21.0 Å². The van der Waals surface area contributed by atoms with Crippen LogP contribution in [0.2, 0.25) is 0 Å². The van der Waals surface area contributed by atoms with Gasteiger partial charge < -0.3 is 4.98 Å². The molecular formula is C18H15N3O2S. The Morgan fingerprint density at radius 3 is 2.46 bits per heavy atom. The predicted octanol–water partition coefficient (Wildman–Crippen LogP) is 3.49. The molecule has 0 atom stereocenters. The van der Waals surface area contributed by atoms with E-state index in [1.165, 1.54) is 0 Å². The zero-order chi connectivity index (χ0) is 16.9. The Labute approximate surface area is 139 Å². The standard InChI is InChI=1S/C18H15N3O2S/c1-11-8-9-14-13(10-11)15-16(12-6-4-3-5-7-12)20-18(24(2,22)23)21-17(15)19-14/h3-10H,1-2H3,(H,19,20,21). The van der Waals surface area contributed by atoms with Crippen LogP contribution in [0.4, 0.5) is 0 Å². The van der Waals surface area contributed by atoms with Crippen molar-refractivity contribution in [2.75, 3.05) is 6.26 Å². The van der Waals surface area contributed by atoms with Gasteiger partial charge in [0.2, 0.25) is 15.0 Å². The molecule has 0 aliphatic carbocycles. The van der Waals surface area contributed by atoms with Gasteiger partial charge in [-0.25, -0.2) is 18.4 Å². The molecule has 4 rings (SSSR count). The number of rotatable bonds is 2. The summed E-state index contributed by atoms with van der Waals surface area (Å²) in [5, 5.41) is 1.66. The van der Waals surface area contributed by atoms with Crippen molar-refractivity contribution in [3.63, 3.8) is 0 Å². The summed E-state index contributed by atoms with van der Waals surface area (Å²) in [6, 6.07) is 15.6. The largest absolute Gasteiger partial charge is 0.339 e. The fraction of sp³-hybridized carbons (Fsp3) is 0.111. The van der Waals surface area contributed by atoms with Crippen molar-refractivity contribution in [1.29, 1.82) is 0 Å². The van der Waals surface area contributed by atoms with Gasteiger partial charge in [-0.1, -0.05) is 42.0 Å². The molecule has 2 heterocycles. The smallest absolute Gasteiger partial charge is 0.249 e. The Balaban J connectivity index is 2.21. The highest BCUT2D eigenvalue weighted by molar-refractivity contribution is 7.90. The highest BCUT2D eigenvalue weighted by Crippen LogP contribution is 2.33. The van der Waals surface area contributed by atoms with Gasteiger partial charge in [-0.15, -0.1) is 0 Å². The second-order valence-corrected chi connectivity index (χ2v) is 7.80. The normalized spacial score (nSPS) is 12.1. The summed E-state index contributed by atoms with van der Waals surface area (Å²) in [6.07, 6.45) is 1.12. The summed E-state index contributed by atoms with van der Waals surface area (Å²) in [7, 11) is -3.51. The van der Waals surface area contributed by atoms with Crippen LogP contribution in [0.1, 0.15) is 5.56 Å². The maximum Gasteiger partial charge on any atom is 0.249 e. The number of fused-ring (bicyclic) bond motifs is 3. The van der Waals surface area contributed by atoms with Gasteiger partial charge in [0.25, 0.3) is 0 Å². The minimum Gasteiger partial charge on any atom is -0.339 e. The van der Waals surface area contributed by atoms with Gasteiger partial charge in [0.15, 0.2) is 0 Å². The Morgan fingerprint density at radius 2 is 1.75 bits per heavy atom. The molecular weight excluding hydrogens is 322 g/mol. The topological polar surface area (TPSA) is 75.7 Å². The summed E-state index contributed by atoms with van der Waals surface area (Å²) < 4.78 is 24.0. The third kappa shape index (κ3) is 2.35. The lowest BCUT2D eigenvalue weighted by atomic mass is 10.1. The Morgan fingerprint density at radius 1 is 1.00 bits per heavy atom. The zero-order valence-electron chi connectivity index (χ0n) is 13.2. The van der Waals surface area contributed by atoms with E-state index in [0.29, 0.717) is 11.3 Å². The van der Waals surface area contributed by atoms with Crippen molar-refractivity contribution in [3.8, 4) is 11.3 Å². The van der Waals surface area contributed by atoms with Crippen molar-refractivity contribution >= 4 is 31.8 Å². The molecule has 0 aliphatic rings. The minimum absolute atomic E-state index is 0.169. The summed E-state index contributed by atoms with van der Waals surface area (Å²) >= 11 is 0. The second-order valence-electron chi connectivity index (χ2n) is 5.89. The van der Waals surface area contributed by atoms with E-state index in [-0.39, 0.29) is 5.16 Å². The number of sulfone groups is 1. The first-order chi connectivity index (χ1) is 11.4. The first-order valence-electron chi connectivity index (χ1n) is 7.49. The van der Waals surface area contributed by atoms with Gasteiger partial charge in [-0.05, 0) is 19.1 Å². The SMILES string of the molecule is Cc1ccc2[nH]c3nc(S(C)(=O)=O)nc(-c4ccccc4)c3c2c1. The molecule has 0 aliphatic heterocycles. The first kappa shape index (κ1) is 14.8. The van der Waals surface area contributed by atoms with Crippen LogP contribution in [0.5, 0.6) is 0 Å². The number of hydrogen-bond donors (Lipinski definition) is 1. The first-order valence-corrected chi connectivity index (χ1v) is 9.38. The van der Waals surface area contributed by atoms with Crippen LogP contribution in [0.15, 0.2) is 53.7 Å². The molecule has 0 saturated carbocycles. The van der Waals surface area contributed by atoms with Gasteiger partial charge in [-0.2, -0.15) is 0 Å². The number of aromatic amines is 1. The van der Waals surface area contributed by atoms with Gasteiger partial charge in [0, 0.05) is 22.7 Å². The van der Waals surface area contributed by atoms with Crippen molar-refractivity contribution in [2.45, 2.75) is 12.1 Å². The lowest BCUT2D eigenvalue weighted by Crippen LogP contribution is -2.05. The second kappa shape index (κ2) is 5.14. The summed E-state index contributed by atoms with van der Waals surface area (Å²) in [6.45, 7) is 2.02. The maximum absolute atomic E-state index is 12.0. The van der Waals surface area contributed by atoms with Crippen LogP contribution in [0.3, 0.4) is 0 Å². The third-order valence-corrected chi connectivity index (χ3v) is 4.81. The van der Waals surface area contributed by atoms with E-state index in [9.17, 15) is 8.42 Å². The molecule has 0 bridgehead atoms. The summed E-state index contributed by atoms with van der Waals surface area (Å²) in [5.74, 6) is 0. The summed E-state index contributed by atoms with van der Waals surface area (Å²) in [4.78, 5) is 11.8. The lowest BCUT2D eigenvalue weighted by Gasteiger charge is -2.06. The van der Waals surface area contributed by atoms with E-state index in [0.717, 1.165) is 33.7 Å². The molecule has 2 aromatic carbocycles. The van der Waals surface area contributed by atoms with Crippen molar-refractivity contribution in [3.05, 3.63) is 54.1 Å². The van der Waals surface area contributed by atoms with Crippen molar-refractivity contribution in [2.24, 2.45) is 0 Å². The molecule has 0 spiro atoms. The number of nitrogens with one attached hydrogen (secondary N) is 1. The van der Waals surface area contributed by atoms with Crippen LogP contribution in [-0.2, 0) is 9.84 Å². The summed E-state index contributed by atoms with van der Waals surface area (Å²) in [5.41, 5.74) is 4.04. The molecule has 0 radical (unpaired) electrons. The van der Waals surface area contributed by atoms with E-state index < -0.39 is 9.84 Å². The molecule has 6 heteroatoms. The van der Waals surface area contributed by atoms with Crippen LogP contribution >= 0.6 is 0 Å². The number of aromatic nitrogens is 3. The number of nitrogens with zero attached hydrogens (tertiary/aromatic N) is 2. The van der Waals surface area contributed by atoms with Gasteiger partial charge in [0.05, 0.1) is 11.1 Å². The van der Waals surface area contributed by atoms with E-state index >= 15 is 0 Å². The monoisotopic (exact) mass is 337 g/mol. The molecule has 0 amide bonds. The van der Waals surface area contributed by atoms with Gasteiger partial charge in [-0.3, -0.25) is 0 Å². The van der Waals surface area contributed by atoms with Crippen LogP contribution < -0.4 is 0 Å². The Bertz CT molecular complexity index is 1180. The van der Waals surface area contributed by atoms with E-state index in [1.807, 2.05) is 49.4 Å². The van der Waals surface area contributed by atoms with E-state index in [1.54, 1.807) is 0 Å². The number of hydrogen-bond acceptors (Lipinski definition) is 4. The highest BCUT2D eigenvalue weighted by Gasteiger charge is 2.19. The van der Waals surface area contributed by atoms with Crippen molar-refractivity contribution < 1.29 is 8.42 Å². The van der Waals surface area contributed by atoms with Gasteiger partial charge in [0.1, 0.15) is 5.65 Å². The zero-order valence-corrected chi connectivity index (χ0v) is 14.1. The fourth-order valence-corrected chi connectivity index (χ4v) is 3.37. The van der Waals surface area contributed by atoms with Crippen LogP contribution in [-0.4, -0.2) is 29.6 Å². The lowest BCUT2D eigenvalue weighted by molar-refractivity contribution is 0.594. The predicted molar refractivity (Wildman–Crippen MR) is 94.7 cm³/mol. The van der Waals surface area contributed by atoms with Gasteiger partial charge >= 0.3 is 0 Å². The molecule has 2 aromatic heterocycles. The quantitative estimate of drug-likeness (QED) is 0.568. The Kier molecular flexibility index (Phi) is 3.18. The van der Waals surface area contributed by atoms with E-state index in [4.69, 9.17) is 0 Å². The molecule has 5 nitrogen and oxygen atoms in total. The average Bonchev–Trinajstić information content (AvgIpc) is 2.92. The molecule has 4 aromatic rings. The number of benzene rings is 2. The number of aryl methyl sites for hydroxylation is 1. The minimum atomic E-state index is -3.51. The molecule has 1 N–H and O–H groups in total. The highest BCUT2D eigenvalue weighted by atomic mass is 32.2. The molecule has 0 unspecified atom stereocenters. The van der Waals surface area contributed by atoms with Crippen LogP contribution in [0, 0.1) is 6.92 Å². The molecule has 120 valence electrons. The number of H-pyrrole nitrogens is 1. The van der Waals surface area contributed by atoms with Crippen molar-refractivity contribution in [1.82, 2.24) is 15.0 Å². The van der Waals surface area contributed by atoms with Crippen LogP contribution in [0.25, 0.3) is 33.2 Å². The average molecular weight is 337 g/mol. The molecule has 0 saturated heterocycles. The molecule has 24 heavy (non-hydrogen) atoms. The molecule has 0 fully saturated rings. The fourth-order valence-electron chi connectivity index (χ4n) is 2.86. The maximum atomic E-state index is 12.0. The third-order valence-electron chi connectivity index (χ3n) is 3.96.